The number of aromatic nitrogens is 1. The average Bonchev–Trinajstić information content (AvgIpc) is 2.92. The SMILES string of the molecule is Cc1cc(C)c(CN)c(N(CCC(C)C)C2CCCC2)n1. The number of pyridine rings is 1. The molecule has 0 bridgehead atoms. The van der Waals surface area contributed by atoms with Crippen LogP contribution in [0.15, 0.2) is 6.07 Å². The van der Waals surface area contributed by atoms with E-state index in [0.29, 0.717) is 12.6 Å². The van der Waals surface area contributed by atoms with E-state index in [0.717, 1.165) is 24.0 Å². The lowest BCUT2D eigenvalue weighted by Crippen LogP contribution is -2.36. The standard InChI is InChI=1S/C18H31N3/c1-13(2)9-10-21(16-7-5-6-8-16)18-17(12-19)14(3)11-15(4)20-18/h11,13,16H,5-10,12,19H2,1-4H3. The number of rotatable bonds is 6. The number of nitrogens with two attached hydrogens (primary N) is 1. The molecule has 1 saturated carbocycles. The first-order chi connectivity index (χ1) is 10.0. The molecule has 1 aliphatic rings. The van der Waals surface area contributed by atoms with Crippen LogP contribution in [-0.4, -0.2) is 17.6 Å². The molecule has 118 valence electrons. The first-order valence-electron chi connectivity index (χ1n) is 8.46. The lowest BCUT2D eigenvalue weighted by Gasteiger charge is -2.33. The maximum Gasteiger partial charge on any atom is 0.133 e. The van der Waals surface area contributed by atoms with E-state index in [9.17, 15) is 0 Å². The van der Waals surface area contributed by atoms with Crippen LogP contribution < -0.4 is 10.6 Å². The van der Waals surface area contributed by atoms with Gasteiger partial charge in [-0.2, -0.15) is 0 Å². The summed E-state index contributed by atoms with van der Waals surface area (Å²) in [7, 11) is 0. The molecule has 3 heteroatoms. The fraction of sp³-hybridized carbons (Fsp3) is 0.722. The van der Waals surface area contributed by atoms with E-state index in [1.165, 1.54) is 43.2 Å². The third-order valence-electron chi connectivity index (χ3n) is 4.64. The van der Waals surface area contributed by atoms with Crippen molar-refractivity contribution in [2.75, 3.05) is 11.4 Å². The molecule has 2 N–H and O–H groups in total. The summed E-state index contributed by atoms with van der Waals surface area (Å²) in [5, 5.41) is 0. The number of hydrogen-bond acceptors (Lipinski definition) is 3. The maximum atomic E-state index is 6.03. The molecule has 1 heterocycles. The second-order valence-electron chi connectivity index (χ2n) is 6.90. The molecule has 0 saturated heterocycles. The van der Waals surface area contributed by atoms with E-state index < -0.39 is 0 Å². The Hall–Kier alpha value is -1.09. The Kier molecular flexibility index (Phi) is 5.63. The Labute approximate surface area is 129 Å². The van der Waals surface area contributed by atoms with Crippen molar-refractivity contribution in [3.63, 3.8) is 0 Å². The monoisotopic (exact) mass is 289 g/mol. The fourth-order valence-electron chi connectivity index (χ4n) is 3.41. The van der Waals surface area contributed by atoms with E-state index in [1.807, 2.05) is 0 Å². The van der Waals surface area contributed by atoms with Crippen LogP contribution in [0.1, 0.15) is 62.8 Å². The number of aryl methyl sites for hydroxylation is 2. The molecule has 0 aromatic carbocycles. The molecular formula is C18H31N3. The van der Waals surface area contributed by atoms with Crippen molar-refractivity contribution in [2.45, 2.75) is 72.4 Å². The topological polar surface area (TPSA) is 42.1 Å². The molecule has 3 nitrogen and oxygen atoms in total. The van der Waals surface area contributed by atoms with Crippen LogP contribution in [0.4, 0.5) is 5.82 Å². The minimum Gasteiger partial charge on any atom is -0.353 e. The Bertz CT molecular complexity index is 462. The average molecular weight is 289 g/mol. The number of hydrogen-bond donors (Lipinski definition) is 1. The van der Waals surface area contributed by atoms with Crippen LogP contribution in [0, 0.1) is 19.8 Å². The lowest BCUT2D eigenvalue weighted by molar-refractivity contribution is 0.523. The van der Waals surface area contributed by atoms with Crippen molar-refractivity contribution in [2.24, 2.45) is 11.7 Å². The summed E-state index contributed by atoms with van der Waals surface area (Å²) >= 11 is 0. The van der Waals surface area contributed by atoms with Crippen molar-refractivity contribution < 1.29 is 0 Å². The zero-order valence-electron chi connectivity index (χ0n) is 14.2. The normalized spacial score (nSPS) is 15.9. The Morgan fingerprint density at radius 1 is 1.29 bits per heavy atom. The number of anilines is 1. The summed E-state index contributed by atoms with van der Waals surface area (Å²) in [6.07, 6.45) is 6.53. The van der Waals surface area contributed by atoms with Gasteiger partial charge < -0.3 is 10.6 Å². The quantitative estimate of drug-likeness (QED) is 0.862. The molecule has 0 spiro atoms. The van der Waals surface area contributed by atoms with Crippen LogP contribution in [-0.2, 0) is 6.54 Å². The molecule has 1 aliphatic carbocycles. The van der Waals surface area contributed by atoms with Crippen molar-refractivity contribution in [1.29, 1.82) is 0 Å². The first kappa shape index (κ1) is 16.3. The molecule has 0 radical (unpaired) electrons. The molecule has 0 amide bonds. The van der Waals surface area contributed by atoms with Gasteiger partial charge in [-0.3, -0.25) is 0 Å². The molecule has 0 unspecified atom stereocenters. The minimum absolute atomic E-state index is 0.583. The molecular weight excluding hydrogens is 258 g/mol. The highest BCUT2D eigenvalue weighted by molar-refractivity contribution is 5.52. The fourth-order valence-corrected chi connectivity index (χ4v) is 3.41. The van der Waals surface area contributed by atoms with Gasteiger partial charge in [0.2, 0.25) is 0 Å². The predicted molar refractivity (Wildman–Crippen MR) is 90.7 cm³/mol. The van der Waals surface area contributed by atoms with Gasteiger partial charge in [0.1, 0.15) is 5.82 Å². The van der Waals surface area contributed by atoms with E-state index >= 15 is 0 Å². The summed E-state index contributed by atoms with van der Waals surface area (Å²) in [6.45, 7) is 10.5. The lowest BCUT2D eigenvalue weighted by atomic mass is 10.0. The molecule has 2 rings (SSSR count). The summed E-state index contributed by atoms with van der Waals surface area (Å²) < 4.78 is 0. The third kappa shape index (κ3) is 3.97. The van der Waals surface area contributed by atoms with Crippen molar-refractivity contribution in [3.05, 3.63) is 22.9 Å². The van der Waals surface area contributed by atoms with Crippen LogP contribution in [0.5, 0.6) is 0 Å². The predicted octanol–water partition coefficient (Wildman–Crippen LogP) is 3.95. The third-order valence-corrected chi connectivity index (χ3v) is 4.64. The smallest absolute Gasteiger partial charge is 0.133 e. The number of nitrogens with zero attached hydrogens (tertiary/aromatic N) is 2. The van der Waals surface area contributed by atoms with Crippen LogP contribution >= 0.6 is 0 Å². The zero-order chi connectivity index (χ0) is 15.4. The summed E-state index contributed by atoms with van der Waals surface area (Å²) in [4.78, 5) is 7.44. The van der Waals surface area contributed by atoms with Crippen LogP contribution in [0.2, 0.25) is 0 Å². The van der Waals surface area contributed by atoms with Crippen LogP contribution in [0.3, 0.4) is 0 Å². The molecule has 1 fully saturated rings. The van der Waals surface area contributed by atoms with Gasteiger partial charge in [0.05, 0.1) is 0 Å². The Morgan fingerprint density at radius 2 is 1.95 bits per heavy atom. The van der Waals surface area contributed by atoms with E-state index in [-0.39, 0.29) is 0 Å². The summed E-state index contributed by atoms with van der Waals surface area (Å²) in [6, 6.07) is 2.81. The summed E-state index contributed by atoms with van der Waals surface area (Å²) in [5.74, 6) is 1.88. The van der Waals surface area contributed by atoms with E-state index in [1.54, 1.807) is 0 Å². The van der Waals surface area contributed by atoms with Gasteiger partial charge >= 0.3 is 0 Å². The highest BCUT2D eigenvalue weighted by atomic mass is 15.2. The maximum absolute atomic E-state index is 6.03. The highest BCUT2D eigenvalue weighted by Crippen LogP contribution is 2.31. The van der Waals surface area contributed by atoms with Gasteiger partial charge in [-0.25, -0.2) is 4.98 Å². The molecule has 0 aliphatic heterocycles. The molecule has 1 aromatic rings. The van der Waals surface area contributed by atoms with Crippen molar-refractivity contribution >= 4 is 5.82 Å². The minimum atomic E-state index is 0.583. The molecule has 21 heavy (non-hydrogen) atoms. The largest absolute Gasteiger partial charge is 0.353 e. The Morgan fingerprint density at radius 3 is 2.52 bits per heavy atom. The van der Waals surface area contributed by atoms with Gasteiger partial charge in [-0.05, 0) is 50.7 Å². The van der Waals surface area contributed by atoms with Gasteiger partial charge in [0.25, 0.3) is 0 Å². The molecule has 0 atom stereocenters. The summed E-state index contributed by atoms with van der Waals surface area (Å²) in [5.41, 5.74) is 9.65. The van der Waals surface area contributed by atoms with E-state index in [4.69, 9.17) is 10.7 Å². The van der Waals surface area contributed by atoms with Gasteiger partial charge in [0.15, 0.2) is 0 Å². The Balaban J connectivity index is 2.34. The van der Waals surface area contributed by atoms with Crippen LogP contribution in [0.25, 0.3) is 0 Å². The van der Waals surface area contributed by atoms with E-state index in [2.05, 4.69) is 38.7 Å². The highest BCUT2D eigenvalue weighted by Gasteiger charge is 2.26. The molecule has 1 aromatic heterocycles. The second-order valence-corrected chi connectivity index (χ2v) is 6.90. The zero-order valence-corrected chi connectivity index (χ0v) is 14.2. The van der Waals surface area contributed by atoms with Gasteiger partial charge in [-0.15, -0.1) is 0 Å². The van der Waals surface area contributed by atoms with Crippen molar-refractivity contribution in [3.8, 4) is 0 Å². The first-order valence-corrected chi connectivity index (χ1v) is 8.46. The second kappa shape index (κ2) is 7.26. The van der Waals surface area contributed by atoms with Gasteiger partial charge in [0, 0.05) is 30.4 Å². The van der Waals surface area contributed by atoms with Crippen molar-refractivity contribution in [1.82, 2.24) is 4.98 Å². The van der Waals surface area contributed by atoms with Gasteiger partial charge in [-0.1, -0.05) is 26.7 Å².